The van der Waals surface area contributed by atoms with E-state index in [1.807, 2.05) is 0 Å². The van der Waals surface area contributed by atoms with Gasteiger partial charge in [0.05, 0.1) is 38.1 Å². The van der Waals surface area contributed by atoms with Crippen LogP contribution in [0, 0.1) is 5.82 Å². The highest BCUT2D eigenvalue weighted by molar-refractivity contribution is 5.94. The summed E-state index contributed by atoms with van der Waals surface area (Å²) >= 11 is 0. The van der Waals surface area contributed by atoms with Crippen LogP contribution in [0.3, 0.4) is 0 Å². The van der Waals surface area contributed by atoms with Crippen molar-refractivity contribution in [3.8, 4) is 5.88 Å². The first-order valence-corrected chi connectivity index (χ1v) is 10.2. The number of pyridine rings is 2. The van der Waals surface area contributed by atoms with E-state index < -0.39 is 0 Å². The number of benzene rings is 1. The monoisotopic (exact) mass is 499 g/mol. The van der Waals surface area contributed by atoms with E-state index in [1.165, 1.54) is 19.2 Å². The van der Waals surface area contributed by atoms with Crippen LogP contribution in [0.5, 0.6) is 5.88 Å². The maximum atomic E-state index is 13.4. The summed E-state index contributed by atoms with van der Waals surface area (Å²) < 4.78 is 25.5. The van der Waals surface area contributed by atoms with Gasteiger partial charge in [0.15, 0.2) is 0 Å². The molecule has 0 radical (unpaired) electrons. The number of nitrogens with two attached hydrogens (primary N) is 1. The molecule has 33 heavy (non-hydrogen) atoms. The number of fused-ring (bicyclic) bond motifs is 1. The first kappa shape index (κ1) is 26.7. The van der Waals surface area contributed by atoms with Crippen molar-refractivity contribution >= 4 is 47.2 Å². The van der Waals surface area contributed by atoms with Crippen LogP contribution < -0.4 is 21.3 Å². The van der Waals surface area contributed by atoms with Gasteiger partial charge >= 0.3 is 0 Å². The number of methoxy groups -OCH3 is 1. The molecule has 3 N–H and O–H groups in total. The number of ether oxygens (including phenoxy) is 2. The van der Waals surface area contributed by atoms with E-state index in [0.717, 1.165) is 25.2 Å². The van der Waals surface area contributed by atoms with Crippen LogP contribution in [0.4, 0.5) is 15.8 Å². The number of anilines is 2. The molecule has 3 heterocycles. The van der Waals surface area contributed by atoms with Crippen LogP contribution in [-0.2, 0) is 11.3 Å². The van der Waals surface area contributed by atoms with Crippen molar-refractivity contribution in [2.45, 2.75) is 6.54 Å². The Bertz CT molecular complexity index is 1120. The number of hydrogen-bond acceptors (Lipinski definition) is 7. The molecule has 0 unspecified atom stereocenters. The van der Waals surface area contributed by atoms with Gasteiger partial charge in [0.1, 0.15) is 17.0 Å². The smallest absolute Gasteiger partial charge is 0.276 e. The Morgan fingerprint density at radius 1 is 1.15 bits per heavy atom. The van der Waals surface area contributed by atoms with E-state index in [2.05, 4.69) is 15.2 Å². The fraction of sp³-hybridized carbons (Fsp3) is 0.364. The zero-order chi connectivity index (χ0) is 21.8. The number of hydrogen-bond donors (Lipinski definition) is 2. The summed E-state index contributed by atoms with van der Waals surface area (Å²) in [6.07, 6.45) is 0. The molecular formula is C22H28Cl2FN5O3. The first-order valence-electron chi connectivity index (χ1n) is 10.2. The molecule has 3 aromatic rings. The fourth-order valence-electron chi connectivity index (χ4n) is 3.71. The van der Waals surface area contributed by atoms with Gasteiger partial charge in [-0.3, -0.25) is 9.69 Å². The van der Waals surface area contributed by atoms with Crippen molar-refractivity contribution in [2.75, 3.05) is 57.6 Å². The molecule has 8 nitrogen and oxygen atoms in total. The maximum absolute atomic E-state index is 13.4. The SMILES string of the molecule is COc1ccc2c(n1)c(N)c(NCCN1CCOCC1)c(=O)n2Cc1ccc(F)cc1.Cl.Cl. The number of aromatic nitrogens is 2. The zero-order valence-electron chi connectivity index (χ0n) is 18.3. The topological polar surface area (TPSA) is 94.6 Å². The van der Waals surface area contributed by atoms with E-state index >= 15 is 0 Å². The van der Waals surface area contributed by atoms with Gasteiger partial charge in [-0.1, -0.05) is 12.1 Å². The number of nitrogen functional groups attached to an aromatic ring is 1. The van der Waals surface area contributed by atoms with Gasteiger partial charge < -0.3 is 25.1 Å². The number of rotatable bonds is 7. The molecule has 1 aliphatic heterocycles. The van der Waals surface area contributed by atoms with E-state index in [-0.39, 0.29) is 48.4 Å². The highest BCUT2D eigenvalue weighted by Crippen LogP contribution is 2.26. The Hall–Kier alpha value is -2.59. The standard InChI is InChI=1S/C22H26FN5O3.2ClH/c1-30-18-7-6-17-20(26-18)19(24)21(25-8-9-27-10-12-31-13-11-27)22(29)28(17)14-15-2-4-16(23)5-3-15;;/h2-7,25H,8-14,24H2,1H3;2*1H. The largest absolute Gasteiger partial charge is 0.481 e. The van der Waals surface area contributed by atoms with E-state index in [9.17, 15) is 9.18 Å². The summed E-state index contributed by atoms with van der Waals surface area (Å²) in [6, 6.07) is 9.53. The average molecular weight is 500 g/mol. The Morgan fingerprint density at radius 3 is 2.52 bits per heavy atom. The maximum Gasteiger partial charge on any atom is 0.276 e. The second-order valence-corrected chi connectivity index (χ2v) is 7.41. The lowest BCUT2D eigenvalue weighted by Crippen LogP contribution is -2.39. The van der Waals surface area contributed by atoms with Crippen LogP contribution >= 0.6 is 24.8 Å². The van der Waals surface area contributed by atoms with E-state index in [0.29, 0.717) is 42.4 Å². The molecule has 1 saturated heterocycles. The zero-order valence-corrected chi connectivity index (χ0v) is 19.9. The molecular weight excluding hydrogens is 472 g/mol. The molecule has 2 aromatic heterocycles. The minimum Gasteiger partial charge on any atom is -0.481 e. The summed E-state index contributed by atoms with van der Waals surface area (Å²) in [7, 11) is 1.53. The van der Waals surface area contributed by atoms with Crippen LogP contribution in [-0.4, -0.2) is 61.0 Å². The minimum absolute atomic E-state index is 0. The Balaban J connectivity index is 0.00000193. The van der Waals surface area contributed by atoms with Gasteiger partial charge in [0.2, 0.25) is 5.88 Å². The summed E-state index contributed by atoms with van der Waals surface area (Å²) in [5.74, 6) is 0.0839. The Kier molecular flexibility index (Phi) is 9.72. The fourth-order valence-corrected chi connectivity index (χ4v) is 3.71. The highest BCUT2D eigenvalue weighted by Gasteiger charge is 2.18. The summed E-state index contributed by atoms with van der Waals surface area (Å²) in [5, 5.41) is 3.21. The van der Waals surface area contributed by atoms with Crippen LogP contribution in [0.15, 0.2) is 41.2 Å². The molecule has 0 aliphatic carbocycles. The number of nitrogens with one attached hydrogen (secondary N) is 1. The van der Waals surface area contributed by atoms with Gasteiger partial charge in [-0.15, -0.1) is 24.8 Å². The molecule has 0 spiro atoms. The van der Waals surface area contributed by atoms with Gasteiger partial charge in [0.25, 0.3) is 5.56 Å². The third-order valence-electron chi connectivity index (χ3n) is 5.42. The summed E-state index contributed by atoms with van der Waals surface area (Å²) in [6.45, 7) is 4.75. The molecule has 1 aromatic carbocycles. The minimum atomic E-state index is -0.324. The number of nitrogens with zero attached hydrogens (tertiary/aromatic N) is 3. The van der Waals surface area contributed by atoms with Crippen LogP contribution in [0.25, 0.3) is 11.0 Å². The lowest BCUT2D eigenvalue weighted by molar-refractivity contribution is 0.0398. The van der Waals surface area contributed by atoms with E-state index in [1.54, 1.807) is 28.8 Å². The third-order valence-corrected chi connectivity index (χ3v) is 5.42. The predicted octanol–water partition coefficient (Wildman–Crippen LogP) is 2.76. The van der Waals surface area contributed by atoms with Crippen LogP contribution in [0.1, 0.15) is 5.56 Å². The molecule has 1 fully saturated rings. The predicted molar refractivity (Wildman–Crippen MR) is 133 cm³/mol. The Labute approximate surface area is 203 Å². The molecule has 11 heteroatoms. The quantitative estimate of drug-likeness (QED) is 0.515. The molecule has 4 rings (SSSR count). The molecule has 0 bridgehead atoms. The first-order chi connectivity index (χ1) is 15.1. The van der Waals surface area contributed by atoms with Gasteiger partial charge in [-0.25, -0.2) is 9.37 Å². The lowest BCUT2D eigenvalue weighted by atomic mass is 10.2. The average Bonchev–Trinajstić information content (AvgIpc) is 2.80. The second-order valence-electron chi connectivity index (χ2n) is 7.41. The van der Waals surface area contributed by atoms with Gasteiger partial charge in [-0.2, -0.15) is 0 Å². The van der Waals surface area contributed by atoms with Gasteiger partial charge in [-0.05, 0) is 23.8 Å². The van der Waals surface area contributed by atoms with Crippen molar-refractivity contribution in [2.24, 2.45) is 0 Å². The molecule has 180 valence electrons. The molecule has 0 saturated carbocycles. The Morgan fingerprint density at radius 2 is 1.85 bits per heavy atom. The van der Waals surface area contributed by atoms with Crippen molar-refractivity contribution < 1.29 is 13.9 Å². The molecule has 0 atom stereocenters. The highest BCUT2D eigenvalue weighted by atomic mass is 35.5. The summed E-state index contributed by atoms with van der Waals surface area (Å²) in [5.41, 5.74) is 8.58. The molecule has 0 amide bonds. The van der Waals surface area contributed by atoms with Crippen molar-refractivity contribution in [1.29, 1.82) is 0 Å². The van der Waals surface area contributed by atoms with Gasteiger partial charge in [0, 0.05) is 32.2 Å². The molecule has 1 aliphatic rings. The normalized spacial score (nSPS) is 13.8. The van der Waals surface area contributed by atoms with Crippen molar-refractivity contribution in [3.63, 3.8) is 0 Å². The van der Waals surface area contributed by atoms with Crippen LogP contribution in [0.2, 0.25) is 0 Å². The summed E-state index contributed by atoms with van der Waals surface area (Å²) in [4.78, 5) is 20.1. The number of halogens is 3. The van der Waals surface area contributed by atoms with Crippen molar-refractivity contribution in [3.05, 3.63) is 58.1 Å². The van der Waals surface area contributed by atoms with E-state index in [4.69, 9.17) is 15.2 Å². The van der Waals surface area contributed by atoms with Crippen molar-refractivity contribution in [1.82, 2.24) is 14.5 Å². The number of morpholine rings is 1. The lowest BCUT2D eigenvalue weighted by Gasteiger charge is -2.26. The third kappa shape index (κ3) is 6.05. The second kappa shape index (κ2) is 12.0.